The number of carbonyl (C=O) groups excluding carboxylic acids is 1. The molecule has 3 rings (SSSR count). The van der Waals surface area contributed by atoms with Gasteiger partial charge in [0.15, 0.2) is 5.82 Å². The quantitative estimate of drug-likeness (QED) is 0.825. The summed E-state index contributed by atoms with van der Waals surface area (Å²) in [7, 11) is 0. The first-order chi connectivity index (χ1) is 12.0. The minimum atomic E-state index is -0.609. The average molecular weight is 361 g/mol. The molecule has 0 spiro atoms. The number of hydrogen-bond acceptors (Lipinski definition) is 6. The molecule has 1 atom stereocenters. The average Bonchev–Trinajstić information content (AvgIpc) is 3.11. The topological polar surface area (TPSA) is 83.9 Å². The molecule has 7 nitrogen and oxygen atoms in total. The number of hydrogen-bond donors (Lipinski definition) is 1. The van der Waals surface area contributed by atoms with Gasteiger partial charge < -0.3 is 10.2 Å². The van der Waals surface area contributed by atoms with Gasteiger partial charge >= 0.3 is 0 Å². The Kier molecular flexibility index (Phi) is 5.13. The summed E-state index contributed by atoms with van der Waals surface area (Å²) < 4.78 is 0. The molecule has 0 saturated carbocycles. The first-order valence-electron chi connectivity index (χ1n) is 8.25. The van der Waals surface area contributed by atoms with Gasteiger partial charge in [-0.2, -0.15) is 0 Å². The van der Waals surface area contributed by atoms with Crippen LogP contribution in [0.25, 0.3) is 0 Å². The van der Waals surface area contributed by atoms with Crippen molar-refractivity contribution in [2.75, 3.05) is 17.7 Å². The minimum Gasteiger partial charge on any atom is -0.333 e. The number of nitrogens with zero attached hydrogens (tertiary/aromatic N) is 5. The normalized spacial score (nSPS) is 17.6. The van der Waals surface area contributed by atoms with Crippen molar-refractivity contribution in [3.63, 3.8) is 0 Å². The summed E-state index contributed by atoms with van der Waals surface area (Å²) in [6.07, 6.45) is 8.32. The highest BCUT2D eigenvalue weighted by atomic mass is 35.5. The highest BCUT2D eigenvalue weighted by Crippen LogP contribution is 2.37. The number of amides is 1. The van der Waals surface area contributed by atoms with Crippen molar-refractivity contribution in [2.45, 2.75) is 32.7 Å². The van der Waals surface area contributed by atoms with E-state index < -0.39 is 5.41 Å². The van der Waals surface area contributed by atoms with Gasteiger partial charge in [0, 0.05) is 37.2 Å². The van der Waals surface area contributed by atoms with Gasteiger partial charge in [0.05, 0.1) is 11.5 Å². The molecule has 1 unspecified atom stereocenters. The minimum absolute atomic E-state index is 0.0394. The van der Waals surface area contributed by atoms with Crippen molar-refractivity contribution < 1.29 is 4.79 Å². The summed E-state index contributed by atoms with van der Waals surface area (Å²) >= 11 is 5.99. The van der Waals surface area contributed by atoms with Crippen molar-refractivity contribution in [3.05, 3.63) is 36.5 Å². The lowest BCUT2D eigenvalue weighted by Crippen LogP contribution is -2.41. The van der Waals surface area contributed by atoms with E-state index in [4.69, 9.17) is 11.6 Å². The molecule has 1 aliphatic heterocycles. The van der Waals surface area contributed by atoms with Crippen LogP contribution in [0.2, 0.25) is 0 Å². The molecule has 1 saturated heterocycles. The molecule has 25 heavy (non-hydrogen) atoms. The summed E-state index contributed by atoms with van der Waals surface area (Å²) in [5.41, 5.74) is 0.119. The third-order valence-electron chi connectivity index (χ3n) is 4.26. The lowest BCUT2D eigenvalue weighted by atomic mass is 9.93. The molecule has 132 valence electrons. The molecular weight excluding hydrogens is 340 g/mol. The Labute approximate surface area is 151 Å². The van der Waals surface area contributed by atoms with Crippen molar-refractivity contribution in [1.29, 1.82) is 0 Å². The maximum Gasteiger partial charge on any atom is 0.230 e. The summed E-state index contributed by atoms with van der Waals surface area (Å²) in [6, 6.07) is 1.61. The number of nitrogens with one attached hydrogen (secondary N) is 1. The Hall–Kier alpha value is -2.28. The molecule has 1 fully saturated rings. The third-order valence-corrected chi connectivity index (χ3v) is 4.93. The second-order valence-electron chi connectivity index (χ2n) is 6.66. The van der Waals surface area contributed by atoms with E-state index in [1.165, 1.54) is 0 Å². The van der Waals surface area contributed by atoms with Gasteiger partial charge in [-0.1, -0.05) is 0 Å². The van der Waals surface area contributed by atoms with Crippen LogP contribution in [-0.4, -0.2) is 43.2 Å². The van der Waals surface area contributed by atoms with Crippen LogP contribution in [0.15, 0.2) is 30.9 Å². The lowest BCUT2D eigenvalue weighted by Gasteiger charge is -2.32. The smallest absolute Gasteiger partial charge is 0.230 e. The molecule has 1 N–H and O–H groups in total. The Bertz CT molecular complexity index is 739. The number of halogens is 1. The van der Waals surface area contributed by atoms with Crippen molar-refractivity contribution >= 4 is 29.3 Å². The number of anilines is 2. The number of rotatable bonds is 5. The number of likely N-dealkylation sites (tertiary alicyclic amines) is 1. The second-order valence-corrected chi connectivity index (χ2v) is 6.93. The first-order valence-corrected chi connectivity index (χ1v) is 8.78. The molecule has 0 aliphatic carbocycles. The van der Waals surface area contributed by atoms with Gasteiger partial charge in [-0.25, -0.2) is 15.0 Å². The number of alkyl halides is 1. The SMILES string of the molecule is CC(C)(CCl)C(=O)N1CCCC1c1nccnc1Nc1ncccn1. The standard InChI is InChI=1S/C17H21ClN6O/c1-17(2,11-18)15(25)24-10-3-5-12(24)13-14(20-9-8-19-13)23-16-21-6-4-7-22-16/h4,6-9,12H,3,5,10-11H2,1-2H3,(H,20,21,22,23). The molecular formula is C17H21ClN6O. The molecule has 0 radical (unpaired) electrons. The van der Waals surface area contributed by atoms with Gasteiger partial charge in [-0.15, -0.1) is 11.6 Å². The number of aromatic nitrogens is 4. The van der Waals surface area contributed by atoms with Crippen LogP contribution in [0.1, 0.15) is 38.4 Å². The maximum atomic E-state index is 12.9. The summed E-state index contributed by atoms with van der Waals surface area (Å²) in [5, 5.41) is 3.10. The van der Waals surface area contributed by atoms with E-state index in [-0.39, 0.29) is 17.8 Å². The monoisotopic (exact) mass is 360 g/mol. The predicted molar refractivity (Wildman–Crippen MR) is 95.5 cm³/mol. The molecule has 1 aliphatic rings. The van der Waals surface area contributed by atoms with Crippen molar-refractivity contribution in [3.8, 4) is 0 Å². The fourth-order valence-corrected chi connectivity index (χ4v) is 3.01. The fraction of sp³-hybridized carbons (Fsp3) is 0.471. The van der Waals surface area contributed by atoms with Gasteiger partial charge in [-0.05, 0) is 32.8 Å². The maximum absolute atomic E-state index is 12.9. The van der Waals surface area contributed by atoms with Gasteiger partial charge in [0.1, 0.15) is 5.69 Å². The zero-order chi connectivity index (χ0) is 17.9. The summed E-state index contributed by atoms with van der Waals surface area (Å²) in [6.45, 7) is 4.43. The molecule has 2 aromatic heterocycles. The van der Waals surface area contributed by atoms with E-state index in [1.807, 2.05) is 18.7 Å². The summed E-state index contributed by atoms with van der Waals surface area (Å²) in [4.78, 5) is 32.0. The number of carbonyl (C=O) groups is 1. The lowest BCUT2D eigenvalue weighted by molar-refractivity contribution is -0.140. The van der Waals surface area contributed by atoms with Gasteiger partial charge in [0.2, 0.25) is 11.9 Å². The van der Waals surface area contributed by atoms with Crippen LogP contribution in [0, 0.1) is 5.41 Å². The van der Waals surface area contributed by atoms with Gasteiger partial charge in [0.25, 0.3) is 0 Å². The Morgan fingerprint density at radius 2 is 1.96 bits per heavy atom. The van der Waals surface area contributed by atoms with Crippen molar-refractivity contribution in [2.24, 2.45) is 5.41 Å². The van der Waals surface area contributed by atoms with Gasteiger partial charge in [-0.3, -0.25) is 9.78 Å². The Morgan fingerprint density at radius 1 is 1.24 bits per heavy atom. The molecule has 8 heteroatoms. The van der Waals surface area contributed by atoms with E-state index >= 15 is 0 Å². The Morgan fingerprint density at radius 3 is 2.68 bits per heavy atom. The van der Waals surface area contributed by atoms with E-state index in [2.05, 4.69) is 25.3 Å². The van der Waals surface area contributed by atoms with Crippen LogP contribution in [-0.2, 0) is 4.79 Å². The Balaban J connectivity index is 1.89. The van der Waals surface area contributed by atoms with Crippen LogP contribution in [0.4, 0.5) is 11.8 Å². The molecule has 0 aromatic carbocycles. The molecule has 0 bridgehead atoms. The highest BCUT2D eigenvalue weighted by molar-refractivity contribution is 6.19. The first kappa shape index (κ1) is 17.5. The highest BCUT2D eigenvalue weighted by Gasteiger charge is 2.39. The molecule has 1 amide bonds. The van der Waals surface area contributed by atoms with Crippen molar-refractivity contribution in [1.82, 2.24) is 24.8 Å². The van der Waals surface area contributed by atoms with Crippen LogP contribution in [0.5, 0.6) is 0 Å². The second kappa shape index (κ2) is 7.31. The third kappa shape index (κ3) is 3.71. The molecule has 2 aromatic rings. The van der Waals surface area contributed by atoms with E-state index in [1.54, 1.807) is 30.9 Å². The van der Waals surface area contributed by atoms with E-state index in [0.29, 0.717) is 18.3 Å². The fourth-order valence-electron chi connectivity index (χ4n) is 2.90. The zero-order valence-corrected chi connectivity index (χ0v) is 15.1. The van der Waals surface area contributed by atoms with E-state index in [9.17, 15) is 4.79 Å². The van der Waals surface area contributed by atoms with Crippen LogP contribution in [0.3, 0.4) is 0 Å². The molecule has 3 heterocycles. The zero-order valence-electron chi connectivity index (χ0n) is 14.3. The van der Waals surface area contributed by atoms with E-state index in [0.717, 1.165) is 18.5 Å². The van der Waals surface area contributed by atoms with Crippen LogP contribution >= 0.6 is 11.6 Å². The van der Waals surface area contributed by atoms with Crippen LogP contribution < -0.4 is 5.32 Å². The predicted octanol–water partition coefficient (Wildman–Crippen LogP) is 2.94. The summed E-state index contributed by atoms with van der Waals surface area (Å²) in [5.74, 6) is 1.33. The largest absolute Gasteiger partial charge is 0.333 e.